The van der Waals surface area contributed by atoms with E-state index in [-0.39, 0.29) is 4.06 Å². The molecule has 0 radical (unpaired) electrons. The molecule has 0 saturated heterocycles. The Morgan fingerprint density at radius 1 is 1.00 bits per heavy atom. The van der Waals surface area contributed by atoms with Gasteiger partial charge in [0.1, 0.15) is 0 Å². The first-order chi connectivity index (χ1) is 7.33. The van der Waals surface area contributed by atoms with Crippen LogP contribution in [0.3, 0.4) is 0 Å². The summed E-state index contributed by atoms with van der Waals surface area (Å²) >= 11 is 4.38. The number of hydrogen-bond donors (Lipinski definition) is 0. The van der Waals surface area contributed by atoms with Gasteiger partial charge in [0.2, 0.25) is 0 Å². The molecule has 0 saturated carbocycles. The van der Waals surface area contributed by atoms with Gasteiger partial charge in [0.05, 0.1) is 0 Å². The predicted octanol–water partition coefficient (Wildman–Crippen LogP) is 4.05. The van der Waals surface area contributed by atoms with Crippen molar-refractivity contribution in [3.05, 3.63) is 44.6 Å². The topological polar surface area (TPSA) is 17.1 Å². The van der Waals surface area contributed by atoms with E-state index in [1.807, 2.05) is 12.1 Å². The van der Waals surface area contributed by atoms with Crippen LogP contribution >= 0.6 is 34.0 Å². The molecule has 1 nitrogen and oxygen atoms in total. The van der Waals surface area contributed by atoms with Crippen LogP contribution in [-0.2, 0) is 0 Å². The van der Waals surface area contributed by atoms with Gasteiger partial charge in [0.15, 0.2) is 0 Å². The lowest BCUT2D eigenvalue weighted by atomic mass is 10.2. The van der Waals surface area contributed by atoms with E-state index in [9.17, 15) is 4.79 Å². The molecule has 0 amide bonds. The monoisotopic (exact) mass is 250 g/mol. The fourth-order valence-corrected chi connectivity index (χ4v) is 4.16. The van der Waals surface area contributed by atoms with Crippen molar-refractivity contribution < 1.29 is 0 Å². The lowest BCUT2D eigenvalue weighted by Crippen LogP contribution is -1.72. The highest BCUT2D eigenvalue weighted by atomic mass is 32.2. The molecule has 3 aromatic rings. The second-order valence-electron chi connectivity index (χ2n) is 3.09. The highest BCUT2D eigenvalue weighted by molar-refractivity contribution is 7.35. The van der Waals surface area contributed by atoms with Crippen molar-refractivity contribution in [3.8, 4) is 10.4 Å². The summed E-state index contributed by atoms with van der Waals surface area (Å²) in [6, 6.07) is 10.4. The first-order valence-electron chi connectivity index (χ1n) is 4.40. The summed E-state index contributed by atoms with van der Waals surface area (Å²) in [5.41, 5.74) is 1.20. The van der Waals surface area contributed by atoms with E-state index in [2.05, 4.69) is 23.6 Å². The van der Waals surface area contributed by atoms with E-state index in [1.165, 1.54) is 33.1 Å². The Bertz CT molecular complexity index is 646. The smallest absolute Gasteiger partial charge is 0.265 e. The summed E-state index contributed by atoms with van der Waals surface area (Å²) in [4.78, 5) is 12.5. The van der Waals surface area contributed by atoms with Gasteiger partial charge in [0.25, 0.3) is 4.06 Å². The second-order valence-corrected chi connectivity index (χ2v) is 6.33. The van der Waals surface area contributed by atoms with Gasteiger partial charge >= 0.3 is 0 Å². The molecule has 0 aliphatic rings. The molecular weight excluding hydrogens is 244 g/mol. The summed E-state index contributed by atoms with van der Waals surface area (Å²) in [5.74, 6) is 0. The maximum Gasteiger partial charge on any atom is 0.288 e. The third kappa shape index (κ3) is 1.65. The van der Waals surface area contributed by atoms with Gasteiger partial charge in [-0.05, 0) is 29.1 Å². The molecule has 3 rings (SSSR count). The van der Waals surface area contributed by atoms with E-state index in [0.717, 1.165) is 9.40 Å². The van der Waals surface area contributed by atoms with E-state index in [4.69, 9.17) is 0 Å². The SMILES string of the molecule is O=c1sc2ccc(-c3cccs3)cc2s1. The van der Waals surface area contributed by atoms with Crippen molar-refractivity contribution in [2.75, 3.05) is 0 Å². The lowest BCUT2D eigenvalue weighted by Gasteiger charge is -1.96. The standard InChI is InChI=1S/C11H6OS3/c12-11-14-9-4-3-7(6-10(9)15-11)8-2-1-5-13-8/h1-6H. The largest absolute Gasteiger partial charge is 0.288 e. The summed E-state index contributed by atoms with van der Waals surface area (Å²) < 4.78 is 2.36. The zero-order valence-electron chi connectivity index (χ0n) is 7.60. The number of benzene rings is 1. The van der Waals surface area contributed by atoms with Crippen LogP contribution in [0.15, 0.2) is 40.5 Å². The van der Waals surface area contributed by atoms with E-state index in [0.29, 0.717) is 0 Å². The lowest BCUT2D eigenvalue weighted by molar-refractivity contribution is 1.82. The highest BCUT2D eigenvalue weighted by Crippen LogP contribution is 2.30. The van der Waals surface area contributed by atoms with Crippen LogP contribution in [0, 0.1) is 0 Å². The molecule has 15 heavy (non-hydrogen) atoms. The van der Waals surface area contributed by atoms with Crippen LogP contribution < -0.4 is 4.06 Å². The Morgan fingerprint density at radius 3 is 2.67 bits per heavy atom. The first kappa shape index (κ1) is 9.27. The second kappa shape index (κ2) is 3.56. The zero-order chi connectivity index (χ0) is 10.3. The summed E-state index contributed by atoms with van der Waals surface area (Å²) in [7, 11) is 0. The number of hydrogen-bond acceptors (Lipinski definition) is 4. The summed E-state index contributed by atoms with van der Waals surface area (Å²) in [6.07, 6.45) is 0. The molecule has 0 unspecified atom stereocenters. The molecule has 0 aliphatic carbocycles. The Morgan fingerprint density at radius 2 is 1.87 bits per heavy atom. The Balaban J connectivity index is 2.26. The van der Waals surface area contributed by atoms with Crippen LogP contribution in [0.2, 0.25) is 0 Å². The fraction of sp³-hybridized carbons (Fsp3) is 0. The number of fused-ring (bicyclic) bond motifs is 1. The van der Waals surface area contributed by atoms with Gasteiger partial charge in [0, 0.05) is 14.3 Å². The first-order valence-corrected chi connectivity index (χ1v) is 6.92. The average Bonchev–Trinajstić information content (AvgIpc) is 2.82. The fourth-order valence-electron chi connectivity index (χ4n) is 1.47. The van der Waals surface area contributed by atoms with Crippen molar-refractivity contribution in [1.82, 2.24) is 0 Å². The Hall–Kier alpha value is -0.970. The van der Waals surface area contributed by atoms with E-state index in [1.54, 1.807) is 11.3 Å². The van der Waals surface area contributed by atoms with E-state index >= 15 is 0 Å². The molecule has 0 spiro atoms. The molecule has 0 bridgehead atoms. The quantitative estimate of drug-likeness (QED) is 0.636. The number of thiophene rings is 1. The van der Waals surface area contributed by atoms with Crippen LogP contribution in [0.4, 0.5) is 0 Å². The molecule has 0 fully saturated rings. The molecule has 2 heterocycles. The average molecular weight is 250 g/mol. The van der Waals surface area contributed by atoms with Crippen LogP contribution in [0.5, 0.6) is 0 Å². The minimum Gasteiger partial charge on any atom is -0.265 e. The van der Waals surface area contributed by atoms with Gasteiger partial charge in [-0.3, -0.25) is 4.79 Å². The van der Waals surface area contributed by atoms with E-state index < -0.39 is 0 Å². The van der Waals surface area contributed by atoms with Gasteiger partial charge in [-0.1, -0.05) is 34.8 Å². The van der Waals surface area contributed by atoms with Crippen LogP contribution in [-0.4, -0.2) is 0 Å². The maximum absolute atomic E-state index is 11.2. The maximum atomic E-state index is 11.2. The Labute approximate surface area is 98.3 Å². The molecule has 0 atom stereocenters. The van der Waals surface area contributed by atoms with Gasteiger partial charge in [-0.2, -0.15) is 0 Å². The predicted molar refractivity (Wildman–Crippen MR) is 69.3 cm³/mol. The van der Waals surface area contributed by atoms with Crippen molar-refractivity contribution >= 4 is 43.4 Å². The van der Waals surface area contributed by atoms with Crippen LogP contribution in [0.25, 0.3) is 19.8 Å². The van der Waals surface area contributed by atoms with Crippen molar-refractivity contribution in [1.29, 1.82) is 0 Å². The molecular formula is C11H6OS3. The van der Waals surface area contributed by atoms with Crippen LogP contribution in [0.1, 0.15) is 0 Å². The molecule has 2 aromatic heterocycles. The normalized spacial score (nSPS) is 10.9. The minimum atomic E-state index is 0.174. The summed E-state index contributed by atoms with van der Waals surface area (Å²) in [6.45, 7) is 0. The van der Waals surface area contributed by atoms with Crippen molar-refractivity contribution in [2.45, 2.75) is 0 Å². The molecule has 0 aliphatic heterocycles. The molecule has 1 aromatic carbocycles. The molecule has 74 valence electrons. The zero-order valence-corrected chi connectivity index (χ0v) is 10.0. The third-order valence-corrected chi connectivity index (χ3v) is 5.15. The molecule has 4 heteroatoms. The summed E-state index contributed by atoms with van der Waals surface area (Å²) in [5, 5.41) is 2.07. The minimum absolute atomic E-state index is 0.174. The third-order valence-electron chi connectivity index (χ3n) is 2.14. The van der Waals surface area contributed by atoms with Gasteiger partial charge in [-0.25, -0.2) is 0 Å². The van der Waals surface area contributed by atoms with Crippen molar-refractivity contribution in [2.24, 2.45) is 0 Å². The van der Waals surface area contributed by atoms with Gasteiger partial charge in [-0.15, -0.1) is 11.3 Å². The van der Waals surface area contributed by atoms with Crippen molar-refractivity contribution in [3.63, 3.8) is 0 Å². The number of rotatable bonds is 1. The van der Waals surface area contributed by atoms with Gasteiger partial charge < -0.3 is 0 Å². The highest BCUT2D eigenvalue weighted by Gasteiger charge is 2.03. The molecule has 0 N–H and O–H groups in total. The Kier molecular flexibility index (Phi) is 2.20.